The molecule has 6 heteroatoms. The molecule has 2 aliphatic rings. The van der Waals surface area contributed by atoms with E-state index in [9.17, 15) is 4.79 Å². The molecule has 0 radical (unpaired) electrons. The van der Waals surface area contributed by atoms with Crippen molar-refractivity contribution in [2.45, 2.75) is 25.4 Å². The van der Waals surface area contributed by atoms with Crippen LogP contribution in [0.25, 0.3) is 0 Å². The molecule has 1 atom stereocenters. The standard InChI is InChI=1S/C17H14ClN3OS/c18-11-5-2-1-4-10(11)15-14-12(6-3-7-13(14)22)20-16(21-15)17-19-8-9-23-17/h1-2,4-5,8-9,16,20H,3,6-7H2. The first-order valence-electron chi connectivity index (χ1n) is 7.49. The fourth-order valence-electron chi connectivity index (χ4n) is 3.00. The van der Waals surface area contributed by atoms with Crippen LogP contribution < -0.4 is 5.32 Å². The van der Waals surface area contributed by atoms with Crippen molar-refractivity contribution in [3.8, 4) is 0 Å². The number of allylic oxidation sites excluding steroid dienone is 2. The minimum Gasteiger partial charge on any atom is -0.361 e. The van der Waals surface area contributed by atoms with E-state index in [0.29, 0.717) is 22.7 Å². The summed E-state index contributed by atoms with van der Waals surface area (Å²) in [5.41, 5.74) is 3.15. The molecular weight excluding hydrogens is 330 g/mol. The minimum absolute atomic E-state index is 0.134. The third-order valence-electron chi connectivity index (χ3n) is 4.03. The highest BCUT2D eigenvalue weighted by atomic mass is 35.5. The highest BCUT2D eigenvalue weighted by Crippen LogP contribution is 2.34. The summed E-state index contributed by atoms with van der Waals surface area (Å²) in [7, 11) is 0. The minimum atomic E-state index is -0.258. The highest BCUT2D eigenvalue weighted by Gasteiger charge is 2.32. The number of hydrogen-bond acceptors (Lipinski definition) is 5. The lowest BCUT2D eigenvalue weighted by molar-refractivity contribution is -0.115. The predicted octanol–water partition coefficient (Wildman–Crippen LogP) is 3.89. The van der Waals surface area contributed by atoms with Crippen molar-refractivity contribution in [2.75, 3.05) is 0 Å². The van der Waals surface area contributed by atoms with Crippen LogP contribution in [0.1, 0.15) is 36.0 Å². The van der Waals surface area contributed by atoms with Gasteiger partial charge in [-0.15, -0.1) is 11.3 Å². The molecule has 1 aliphatic carbocycles. The number of Topliss-reactive ketones (excluding diaryl/α,β-unsaturated/α-hetero) is 1. The molecule has 0 amide bonds. The Bertz CT molecular complexity index is 826. The van der Waals surface area contributed by atoms with Gasteiger partial charge in [0.2, 0.25) is 0 Å². The van der Waals surface area contributed by atoms with Gasteiger partial charge >= 0.3 is 0 Å². The van der Waals surface area contributed by atoms with Gasteiger partial charge in [0.05, 0.1) is 11.3 Å². The average Bonchev–Trinajstić information content (AvgIpc) is 3.09. The lowest BCUT2D eigenvalue weighted by Crippen LogP contribution is -2.34. The molecule has 0 fully saturated rings. The molecular formula is C17H14ClN3OS. The van der Waals surface area contributed by atoms with Crippen molar-refractivity contribution in [3.63, 3.8) is 0 Å². The first kappa shape index (κ1) is 14.6. The number of nitrogens with one attached hydrogen (secondary N) is 1. The molecule has 116 valence electrons. The Labute approximate surface area is 142 Å². The average molecular weight is 344 g/mol. The first-order chi connectivity index (χ1) is 11.2. The largest absolute Gasteiger partial charge is 0.361 e. The molecule has 4 rings (SSSR count). The van der Waals surface area contributed by atoms with Crippen LogP contribution in [0.2, 0.25) is 5.02 Å². The molecule has 0 saturated heterocycles. The Morgan fingerprint density at radius 3 is 2.91 bits per heavy atom. The van der Waals surface area contributed by atoms with Gasteiger partial charge in [-0.1, -0.05) is 29.8 Å². The van der Waals surface area contributed by atoms with Crippen molar-refractivity contribution in [2.24, 2.45) is 4.99 Å². The molecule has 23 heavy (non-hydrogen) atoms. The zero-order chi connectivity index (χ0) is 15.8. The number of aliphatic imine (C=N–C) groups is 1. The van der Waals surface area contributed by atoms with Gasteiger partial charge < -0.3 is 5.32 Å². The van der Waals surface area contributed by atoms with E-state index in [4.69, 9.17) is 16.6 Å². The Kier molecular flexibility index (Phi) is 3.75. The van der Waals surface area contributed by atoms with E-state index in [2.05, 4.69) is 10.3 Å². The molecule has 1 unspecified atom stereocenters. The summed E-state index contributed by atoms with van der Waals surface area (Å²) in [4.78, 5) is 21.6. The summed E-state index contributed by atoms with van der Waals surface area (Å²) in [6.07, 6.45) is 3.79. The molecule has 1 aromatic heterocycles. The van der Waals surface area contributed by atoms with Crippen molar-refractivity contribution >= 4 is 34.4 Å². The maximum Gasteiger partial charge on any atom is 0.171 e. The van der Waals surface area contributed by atoms with Gasteiger partial charge in [0, 0.05) is 34.3 Å². The van der Waals surface area contributed by atoms with E-state index in [0.717, 1.165) is 29.1 Å². The number of halogens is 1. The Hall–Kier alpha value is -1.98. The van der Waals surface area contributed by atoms with E-state index < -0.39 is 0 Å². The van der Waals surface area contributed by atoms with E-state index in [1.807, 2.05) is 29.6 Å². The second kappa shape index (κ2) is 5.91. The molecule has 0 saturated carbocycles. The summed E-state index contributed by atoms with van der Waals surface area (Å²) in [5.74, 6) is 0.134. The molecule has 1 aliphatic heterocycles. The quantitative estimate of drug-likeness (QED) is 0.899. The highest BCUT2D eigenvalue weighted by molar-refractivity contribution is 7.09. The number of thiazole rings is 1. The van der Waals surface area contributed by atoms with Crippen LogP contribution in [0, 0.1) is 0 Å². The van der Waals surface area contributed by atoms with Gasteiger partial charge in [0.15, 0.2) is 11.9 Å². The molecule has 1 N–H and O–H groups in total. The van der Waals surface area contributed by atoms with Crippen LogP contribution in [0.5, 0.6) is 0 Å². The number of benzene rings is 1. The van der Waals surface area contributed by atoms with Crippen molar-refractivity contribution in [1.82, 2.24) is 10.3 Å². The van der Waals surface area contributed by atoms with Crippen molar-refractivity contribution < 1.29 is 4.79 Å². The number of carbonyl (C=O) groups excluding carboxylic acids is 1. The van der Waals surface area contributed by atoms with Gasteiger partial charge in [-0.05, 0) is 18.9 Å². The summed E-state index contributed by atoms with van der Waals surface area (Å²) < 4.78 is 0. The maximum atomic E-state index is 12.5. The Balaban J connectivity index is 1.87. The molecule has 0 bridgehead atoms. The number of rotatable bonds is 2. The number of ketones is 1. The maximum absolute atomic E-state index is 12.5. The lowest BCUT2D eigenvalue weighted by atomic mass is 9.87. The lowest BCUT2D eigenvalue weighted by Gasteiger charge is -2.29. The van der Waals surface area contributed by atoms with E-state index in [1.165, 1.54) is 0 Å². The number of hydrogen-bond donors (Lipinski definition) is 1. The van der Waals surface area contributed by atoms with Crippen LogP contribution in [-0.4, -0.2) is 16.5 Å². The topological polar surface area (TPSA) is 54.4 Å². The van der Waals surface area contributed by atoms with Crippen molar-refractivity contribution in [1.29, 1.82) is 0 Å². The number of aromatic nitrogens is 1. The van der Waals surface area contributed by atoms with Gasteiger partial charge in [-0.25, -0.2) is 4.98 Å². The second-order valence-electron chi connectivity index (χ2n) is 5.51. The predicted molar refractivity (Wildman–Crippen MR) is 91.9 cm³/mol. The van der Waals surface area contributed by atoms with E-state index >= 15 is 0 Å². The summed E-state index contributed by atoms with van der Waals surface area (Å²) in [6, 6.07) is 7.53. The zero-order valence-corrected chi connectivity index (χ0v) is 13.8. The first-order valence-corrected chi connectivity index (χ1v) is 8.75. The summed E-state index contributed by atoms with van der Waals surface area (Å²) in [6.45, 7) is 0. The fourth-order valence-corrected chi connectivity index (χ4v) is 3.85. The SMILES string of the molecule is O=C1CCCC2=C1C(c1ccccc1Cl)=NC(c1nccs1)N2. The van der Waals surface area contributed by atoms with Gasteiger partial charge in [0.1, 0.15) is 5.01 Å². The molecule has 2 heterocycles. The zero-order valence-electron chi connectivity index (χ0n) is 12.3. The van der Waals surface area contributed by atoms with Crippen LogP contribution in [0.4, 0.5) is 0 Å². The van der Waals surface area contributed by atoms with Crippen LogP contribution >= 0.6 is 22.9 Å². The molecule has 1 aromatic carbocycles. The van der Waals surface area contributed by atoms with Gasteiger partial charge in [-0.2, -0.15) is 0 Å². The summed E-state index contributed by atoms with van der Waals surface area (Å²) >= 11 is 7.91. The van der Waals surface area contributed by atoms with Crippen LogP contribution in [-0.2, 0) is 4.79 Å². The Morgan fingerprint density at radius 2 is 2.13 bits per heavy atom. The van der Waals surface area contributed by atoms with Crippen LogP contribution in [0.15, 0.2) is 52.1 Å². The number of nitrogens with zero attached hydrogens (tertiary/aromatic N) is 2. The number of carbonyl (C=O) groups is 1. The molecule has 2 aromatic rings. The van der Waals surface area contributed by atoms with E-state index in [1.54, 1.807) is 17.5 Å². The van der Waals surface area contributed by atoms with Crippen molar-refractivity contribution in [3.05, 3.63) is 62.7 Å². The third-order valence-corrected chi connectivity index (χ3v) is 5.19. The fraction of sp³-hybridized carbons (Fsp3) is 0.235. The van der Waals surface area contributed by atoms with E-state index in [-0.39, 0.29) is 11.9 Å². The van der Waals surface area contributed by atoms with Gasteiger partial charge in [-0.3, -0.25) is 9.79 Å². The summed E-state index contributed by atoms with van der Waals surface area (Å²) in [5, 5.41) is 6.81. The monoisotopic (exact) mass is 343 g/mol. The normalized spacial score (nSPS) is 20.8. The second-order valence-corrected chi connectivity index (χ2v) is 6.84. The van der Waals surface area contributed by atoms with Crippen LogP contribution in [0.3, 0.4) is 0 Å². The van der Waals surface area contributed by atoms with Gasteiger partial charge in [0.25, 0.3) is 0 Å². The Morgan fingerprint density at radius 1 is 1.26 bits per heavy atom. The molecule has 4 nitrogen and oxygen atoms in total. The third kappa shape index (κ3) is 2.60. The smallest absolute Gasteiger partial charge is 0.171 e. The molecule has 0 spiro atoms.